The minimum atomic E-state index is -0.190. The lowest BCUT2D eigenvalue weighted by atomic mass is 9.45. The van der Waals surface area contributed by atoms with E-state index in [1.165, 1.54) is 6.42 Å². The first-order valence-corrected chi connectivity index (χ1v) is 10.2. The molecule has 4 aliphatic carbocycles. The van der Waals surface area contributed by atoms with Crippen molar-refractivity contribution in [3.8, 4) is 0 Å². The van der Waals surface area contributed by atoms with Gasteiger partial charge in [0.1, 0.15) is 5.78 Å². The minimum absolute atomic E-state index is 0.0326. The Morgan fingerprint density at radius 1 is 1.22 bits per heavy atom. The third-order valence-corrected chi connectivity index (χ3v) is 10.3. The summed E-state index contributed by atoms with van der Waals surface area (Å²) in [5, 5.41) is 10.3. The number of carbonyl (C=O) groups excluding carboxylic acids is 1. The Bertz CT molecular complexity index is 565. The van der Waals surface area contributed by atoms with Gasteiger partial charge in [0.05, 0.1) is 23.1 Å². The van der Waals surface area contributed by atoms with Crippen molar-refractivity contribution in [1.29, 1.82) is 0 Å². The molecular formula is C19H27BrO3. The lowest BCUT2D eigenvalue weighted by molar-refractivity contribution is -0.136. The first kappa shape index (κ1) is 15.3. The standard InChI is InChI=1S/C19H27BrO3/c1-17-6-5-14-12(13(17)2-3-15(17)22)8-16-19(20)9-11(21)4-7-18(14,19)10-23-16/h11-14,16,21H,2-10H2,1H3/t11-,12+,13+,14+,16+,17-,18-,19-/m0/s1. The maximum atomic E-state index is 12.5. The van der Waals surface area contributed by atoms with Gasteiger partial charge in [0.25, 0.3) is 0 Å². The van der Waals surface area contributed by atoms with Crippen molar-refractivity contribution in [1.82, 2.24) is 0 Å². The number of Topliss-reactive ketones (excluding diaryl/α,β-unsaturated/α-hetero) is 1. The molecule has 5 aliphatic rings. The molecule has 0 aromatic rings. The number of alkyl halides is 1. The van der Waals surface area contributed by atoms with Gasteiger partial charge in [-0.15, -0.1) is 0 Å². The van der Waals surface area contributed by atoms with Crippen LogP contribution in [-0.4, -0.2) is 34.0 Å². The predicted octanol–water partition coefficient (Wildman–Crippen LogP) is 3.47. The highest BCUT2D eigenvalue weighted by Gasteiger charge is 2.72. The highest BCUT2D eigenvalue weighted by molar-refractivity contribution is 9.10. The monoisotopic (exact) mass is 382 g/mol. The predicted molar refractivity (Wildman–Crippen MR) is 90.4 cm³/mol. The molecule has 4 saturated carbocycles. The molecule has 5 fully saturated rings. The average molecular weight is 383 g/mol. The van der Waals surface area contributed by atoms with Crippen molar-refractivity contribution in [2.24, 2.45) is 28.6 Å². The summed E-state index contributed by atoms with van der Waals surface area (Å²) in [6.45, 7) is 3.10. The Kier molecular flexibility index (Phi) is 3.08. The van der Waals surface area contributed by atoms with E-state index in [2.05, 4.69) is 22.9 Å². The molecule has 0 radical (unpaired) electrons. The highest BCUT2D eigenvalue weighted by Crippen LogP contribution is 2.71. The third kappa shape index (κ3) is 1.67. The van der Waals surface area contributed by atoms with Crippen LogP contribution < -0.4 is 0 Å². The van der Waals surface area contributed by atoms with Crippen LogP contribution in [0.5, 0.6) is 0 Å². The number of ether oxygens (including phenoxy) is 1. The molecule has 3 nitrogen and oxygen atoms in total. The van der Waals surface area contributed by atoms with E-state index in [1.54, 1.807) is 0 Å². The molecule has 1 saturated heterocycles. The summed E-state index contributed by atoms with van der Waals surface area (Å²) in [4.78, 5) is 12.5. The molecular weight excluding hydrogens is 356 g/mol. The number of halogens is 1. The number of rotatable bonds is 0. The van der Waals surface area contributed by atoms with E-state index in [4.69, 9.17) is 4.74 Å². The van der Waals surface area contributed by atoms with Crippen LogP contribution in [0.25, 0.3) is 0 Å². The van der Waals surface area contributed by atoms with Gasteiger partial charge < -0.3 is 9.84 Å². The number of fused-ring (bicyclic) bond motifs is 3. The first-order chi connectivity index (χ1) is 10.9. The third-order valence-electron chi connectivity index (χ3n) is 8.68. The van der Waals surface area contributed by atoms with Crippen LogP contribution in [0.3, 0.4) is 0 Å². The van der Waals surface area contributed by atoms with Gasteiger partial charge in [0, 0.05) is 17.3 Å². The van der Waals surface area contributed by atoms with Gasteiger partial charge in [-0.05, 0) is 62.7 Å². The van der Waals surface area contributed by atoms with Gasteiger partial charge >= 0.3 is 0 Å². The van der Waals surface area contributed by atoms with E-state index < -0.39 is 0 Å². The molecule has 8 atom stereocenters. The quantitative estimate of drug-likeness (QED) is 0.652. The fourth-order valence-corrected chi connectivity index (χ4v) is 8.78. The topological polar surface area (TPSA) is 46.5 Å². The smallest absolute Gasteiger partial charge is 0.139 e. The van der Waals surface area contributed by atoms with E-state index in [9.17, 15) is 9.90 Å². The number of hydrogen-bond donors (Lipinski definition) is 1. The second-order valence-corrected chi connectivity index (χ2v) is 10.7. The van der Waals surface area contributed by atoms with Gasteiger partial charge in [0.2, 0.25) is 0 Å². The number of aliphatic hydroxyl groups excluding tert-OH is 1. The molecule has 0 amide bonds. The molecule has 1 heterocycles. The summed E-state index contributed by atoms with van der Waals surface area (Å²) in [7, 11) is 0. The van der Waals surface area contributed by atoms with Gasteiger partial charge in [-0.3, -0.25) is 4.79 Å². The number of hydrogen-bond acceptors (Lipinski definition) is 3. The molecule has 0 spiro atoms. The molecule has 0 unspecified atom stereocenters. The van der Waals surface area contributed by atoms with Gasteiger partial charge in [-0.1, -0.05) is 22.9 Å². The fourth-order valence-electron chi connectivity index (χ4n) is 7.48. The number of ketones is 1. The van der Waals surface area contributed by atoms with Crippen LogP contribution in [0, 0.1) is 28.6 Å². The van der Waals surface area contributed by atoms with E-state index in [0.717, 1.165) is 51.6 Å². The Labute approximate surface area is 146 Å². The molecule has 23 heavy (non-hydrogen) atoms. The van der Waals surface area contributed by atoms with Crippen molar-refractivity contribution in [2.45, 2.75) is 74.8 Å². The Morgan fingerprint density at radius 3 is 2.87 bits per heavy atom. The van der Waals surface area contributed by atoms with Crippen molar-refractivity contribution in [2.75, 3.05) is 6.61 Å². The van der Waals surface area contributed by atoms with Crippen LogP contribution in [-0.2, 0) is 9.53 Å². The first-order valence-electron chi connectivity index (χ1n) is 9.43. The van der Waals surface area contributed by atoms with Gasteiger partial charge in [0.15, 0.2) is 0 Å². The summed E-state index contributed by atoms with van der Waals surface area (Å²) < 4.78 is 6.29. The summed E-state index contributed by atoms with van der Waals surface area (Å²) in [6, 6.07) is 0. The molecule has 0 aromatic heterocycles. The fraction of sp³-hybridized carbons (Fsp3) is 0.947. The van der Waals surface area contributed by atoms with Gasteiger partial charge in [-0.2, -0.15) is 0 Å². The van der Waals surface area contributed by atoms with Crippen molar-refractivity contribution in [3.63, 3.8) is 0 Å². The Morgan fingerprint density at radius 2 is 2.04 bits per heavy atom. The van der Waals surface area contributed by atoms with Crippen molar-refractivity contribution < 1.29 is 14.6 Å². The largest absolute Gasteiger partial charge is 0.393 e. The van der Waals surface area contributed by atoms with Crippen LogP contribution in [0.2, 0.25) is 0 Å². The molecule has 1 N–H and O–H groups in total. The number of carbonyl (C=O) groups is 1. The zero-order chi connectivity index (χ0) is 16.0. The lowest BCUT2D eigenvalue weighted by Gasteiger charge is -2.61. The average Bonchev–Trinajstić information content (AvgIpc) is 2.88. The van der Waals surface area contributed by atoms with E-state index in [-0.39, 0.29) is 27.4 Å². The zero-order valence-corrected chi connectivity index (χ0v) is 15.5. The summed E-state index contributed by atoms with van der Waals surface area (Å²) in [5.74, 6) is 2.39. The SMILES string of the molecule is C[C@]12CC[C@@H]3[C@H](C[C@H]4OC[C@@]35CC[C@H](O)C[C@]45Br)[C@H]1CCC2=O. The van der Waals surface area contributed by atoms with Crippen molar-refractivity contribution in [3.05, 3.63) is 0 Å². The molecule has 5 rings (SSSR count). The van der Waals surface area contributed by atoms with Crippen LogP contribution in [0.4, 0.5) is 0 Å². The lowest BCUT2D eigenvalue weighted by Crippen LogP contribution is -2.63. The van der Waals surface area contributed by atoms with E-state index in [1.807, 2.05) is 0 Å². The normalized spacial score (nSPS) is 61.0. The summed E-state index contributed by atoms with van der Waals surface area (Å²) >= 11 is 4.11. The molecule has 128 valence electrons. The Balaban J connectivity index is 1.56. The molecule has 2 bridgehead atoms. The zero-order valence-electron chi connectivity index (χ0n) is 13.9. The maximum absolute atomic E-state index is 12.5. The second kappa shape index (κ2) is 4.62. The maximum Gasteiger partial charge on any atom is 0.139 e. The minimum Gasteiger partial charge on any atom is -0.393 e. The van der Waals surface area contributed by atoms with E-state index >= 15 is 0 Å². The van der Waals surface area contributed by atoms with Crippen LogP contribution in [0.15, 0.2) is 0 Å². The molecule has 1 aliphatic heterocycles. The Hall–Kier alpha value is 0.0700. The van der Waals surface area contributed by atoms with E-state index in [0.29, 0.717) is 23.5 Å². The van der Waals surface area contributed by atoms with Crippen molar-refractivity contribution >= 4 is 21.7 Å². The molecule has 4 heteroatoms. The second-order valence-electron chi connectivity index (χ2n) is 9.25. The highest BCUT2D eigenvalue weighted by atomic mass is 79.9. The van der Waals surface area contributed by atoms with Crippen LogP contribution >= 0.6 is 15.9 Å². The van der Waals surface area contributed by atoms with Gasteiger partial charge in [-0.25, -0.2) is 0 Å². The van der Waals surface area contributed by atoms with Crippen LogP contribution in [0.1, 0.15) is 58.3 Å². The summed E-state index contributed by atoms with van der Waals surface area (Å²) in [6.07, 6.45) is 8.06. The number of aliphatic hydroxyl groups is 1. The molecule has 0 aromatic carbocycles. The summed E-state index contributed by atoms with van der Waals surface area (Å²) in [5.41, 5.74) is 0.129.